The molecular weight excluding hydrogens is 302 g/mol. The summed E-state index contributed by atoms with van der Waals surface area (Å²) in [7, 11) is 4.02. The molecule has 1 aromatic carbocycles. The van der Waals surface area contributed by atoms with E-state index in [1.54, 1.807) is 6.07 Å². The topological polar surface area (TPSA) is 44.8 Å². The molecule has 1 fully saturated rings. The summed E-state index contributed by atoms with van der Waals surface area (Å²) in [5, 5.41) is 3.48. The minimum Gasteiger partial charge on any atom is -0.381 e. The van der Waals surface area contributed by atoms with E-state index in [1.165, 1.54) is 0 Å². The third-order valence-electron chi connectivity index (χ3n) is 3.80. The molecule has 1 aliphatic rings. The van der Waals surface area contributed by atoms with Crippen LogP contribution < -0.4 is 5.32 Å². The number of likely N-dealkylation sites (N-methyl/N-ethyl adjacent to an activating group) is 1. The number of para-hydroxylation sites is 1. The van der Waals surface area contributed by atoms with Gasteiger partial charge in [-0.3, -0.25) is 0 Å². The Balaban J connectivity index is 2.05. The van der Waals surface area contributed by atoms with Crippen LogP contribution in [0.4, 0.5) is 10.5 Å². The van der Waals surface area contributed by atoms with Gasteiger partial charge in [0.25, 0.3) is 0 Å². The molecule has 0 spiro atoms. The van der Waals surface area contributed by atoms with Crippen LogP contribution in [-0.4, -0.2) is 62.3 Å². The zero-order valence-electron chi connectivity index (χ0n) is 13.2. The van der Waals surface area contributed by atoms with Crippen LogP contribution in [0.1, 0.15) is 12.8 Å². The molecule has 1 aromatic rings. The Labute approximate surface area is 137 Å². The van der Waals surface area contributed by atoms with Gasteiger partial charge in [-0.1, -0.05) is 23.7 Å². The summed E-state index contributed by atoms with van der Waals surface area (Å²) in [4.78, 5) is 16.7. The Morgan fingerprint density at radius 2 is 1.95 bits per heavy atom. The molecule has 1 heterocycles. The highest BCUT2D eigenvalue weighted by molar-refractivity contribution is 6.33. The van der Waals surface area contributed by atoms with E-state index in [0.29, 0.717) is 30.5 Å². The van der Waals surface area contributed by atoms with Crippen molar-refractivity contribution in [2.24, 2.45) is 0 Å². The first-order valence-electron chi connectivity index (χ1n) is 7.62. The van der Waals surface area contributed by atoms with E-state index >= 15 is 0 Å². The van der Waals surface area contributed by atoms with Gasteiger partial charge in [0, 0.05) is 32.3 Å². The Bertz CT molecular complexity index is 490. The van der Waals surface area contributed by atoms with Crippen LogP contribution in [-0.2, 0) is 4.74 Å². The molecule has 0 radical (unpaired) electrons. The number of ether oxygens (including phenoxy) is 1. The van der Waals surface area contributed by atoms with Crippen molar-refractivity contribution >= 4 is 23.3 Å². The number of benzene rings is 1. The number of rotatable bonds is 5. The first kappa shape index (κ1) is 17.1. The van der Waals surface area contributed by atoms with Gasteiger partial charge in [-0.2, -0.15) is 0 Å². The van der Waals surface area contributed by atoms with E-state index in [2.05, 4.69) is 10.2 Å². The molecule has 2 rings (SSSR count). The average molecular weight is 326 g/mol. The highest BCUT2D eigenvalue weighted by Crippen LogP contribution is 2.22. The van der Waals surface area contributed by atoms with Crippen LogP contribution in [0, 0.1) is 0 Å². The molecule has 0 saturated carbocycles. The van der Waals surface area contributed by atoms with Crippen LogP contribution in [0.2, 0.25) is 5.02 Å². The SMILES string of the molecule is CN(C)CCN(C(=O)Nc1ccccc1Cl)C1CCOCC1. The van der Waals surface area contributed by atoms with Crippen molar-refractivity contribution in [2.75, 3.05) is 45.7 Å². The fraction of sp³-hybridized carbons (Fsp3) is 0.562. The maximum absolute atomic E-state index is 12.7. The highest BCUT2D eigenvalue weighted by atomic mass is 35.5. The van der Waals surface area contributed by atoms with Crippen LogP contribution in [0.3, 0.4) is 0 Å². The fourth-order valence-electron chi connectivity index (χ4n) is 2.50. The van der Waals surface area contributed by atoms with E-state index in [9.17, 15) is 4.79 Å². The van der Waals surface area contributed by atoms with Gasteiger partial charge in [0.1, 0.15) is 0 Å². The third-order valence-corrected chi connectivity index (χ3v) is 4.13. The standard InChI is InChI=1S/C16H24ClN3O2/c1-19(2)9-10-20(13-7-11-22-12-8-13)16(21)18-15-6-4-3-5-14(15)17/h3-6,13H,7-12H2,1-2H3,(H,18,21). The van der Waals surface area contributed by atoms with Crippen LogP contribution >= 0.6 is 11.6 Å². The number of urea groups is 1. The lowest BCUT2D eigenvalue weighted by Crippen LogP contribution is -2.48. The second-order valence-corrected chi connectivity index (χ2v) is 6.16. The lowest BCUT2D eigenvalue weighted by Gasteiger charge is -2.35. The summed E-state index contributed by atoms with van der Waals surface area (Å²) in [5.74, 6) is 0. The van der Waals surface area contributed by atoms with Gasteiger partial charge >= 0.3 is 6.03 Å². The Hall–Kier alpha value is -1.30. The molecule has 1 aliphatic heterocycles. The van der Waals surface area contributed by atoms with Crippen molar-refractivity contribution in [3.8, 4) is 0 Å². The lowest BCUT2D eigenvalue weighted by atomic mass is 10.1. The number of halogens is 1. The number of amides is 2. The van der Waals surface area contributed by atoms with E-state index < -0.39 is 0 Å². The molecule has 1 saturated heterocycles. The van der Waals surface area contributed by atoms with Gasteiger partial charge in [0.15, 0.2) is 0 Å². The Kier molecular flexibility index (Phi) is 6.49. The van der Waals surface area contributed by atoms with Crippen LogP contribution in [0.25, 0.3) is 0 Å². The van der Waals surface area contributed by atoms with Gasteiger partial charge in [-0.15, -0.1) is 0 Å². The first-order valence-corrected chi connectivity index (χ1v) is 8.00. The molecule has 0 aromatic heterocycles. The van der Waals surface area contributed by atoms with Gasteiger partial charge in [-0.25, -0.2) is 4.79 Å². The van der Waals surface area contributed by atoms with Gasteiger partial charge in [-0.05, 0) is 39.1 Å². The molecule has 2 amide bonds. The molecule has 0 aliphatic carbocycles. The maximum atomic E-state index is 12.7. The minimum absolute atomic E-state index is 0.0955. The first-order chi connectivity index (χ1) is 10.6. The van der Waals surface area contributed by atoms with Crippen molar-refractivity contribution in [2.45, 2.75) is 18.9 Å². The van der Waals surface area contributed by atoms with E-state index in [0.717, 1.165) is 19.4 Å². The minimum atomic E-state index is -0.0955. The number of anilines is 1. The van der Waals surface area contributed by atoms with Crippen molar-refractivity contribution < 1.29 is 9.53 Å². The number of carbonyl (C=O) groups is 1. The summed E-state index contributed by atoms with van der Waals surface area (Å²) >= 11 is 6.12. The molecule has 122 valence electrons. The molecule has 0 atom stereocenters. The lowest BCUT2D eigenvalue weighted by molar-refractivity contribution is 0.0466. The zero-order chi connectivity index (χ0) is 15.9. The van der Waals surface area contributed by atoms with E-state index in [4.69, 9.17) is 16.3 Å². The summed E-state index contributed by atoms with van der Waals surface area (Å²) < 4.78 is 5.40. The number of nitrogens with one attached hydrogen (secondary N) is 1. The van der Waals surface area contributed by atoms with E-state index in [-0.39, 0.29) is 12.1 Å². The number of nitrogens with zero attached hydrogens (tertiary/aromatic N) is 2. The van der Waals surface area contributed by atoms with Crippen LogP contribution in [0.15, 0.2) is 24.3 Å². The Morgan fingerprint density at radius 1 is 1.27 bits per heavy atom. The molecule has 22 heavy (non-hydrogen) atoms. The summed E-state index contributed by atoms with van der Waals surface area (Å²) in [6.45, 7) is 2.94. The molecular formula is C16H24ClN3O2. The summed E-state index contributed by atoms with van der Waals surface area (Å²) in [6, 6.07) is 7.42. The number of hydrogen-bond donors (Lipinski definition) is 1. The molecule has 0 bridgehead atoms. The second-order valence-electron chi connectivity index (χ2n) is 5.75. The van der Waals surface area contributed by atoms with Gasteiger partial charge in [0.05, 0.1) is 10.7 Å². The van der Waals surface area contributed by atoms with Crippen molar-refractivity contribution in [1.82, 2.24) is 9.80 Å². The average Bonchev–Trinajstić information content (AvgIpc) is 2.50. The smallest absolute Gasteiger partial charge is 0.322 e. The van der Waals surface area contributed by atoms with Gasteiger partial charge < -0.3 is 19.9 Å². The monoisotopic (exact) mass is 325 g/mol. The van der Waals surface area contributed by atoms with Crippen molar-refractivity contribution in [1.29, 1.82) is 0 Å². The molecule has 0 unspecified atom stereocenters. The number of hydrogen-bond acceptors (Lipinski definition) is 3. The summed E-state index contributed by atoms with van der Waals surface area (Å²) in [5.41, 5.74) is 0.649. The van der Waals surface area contributed by atoms with E-state index in [1.807, 2.05) is 37.2 Å². The molecule has 6 heteroatoms. The third kappa shape index (κ3) is 4.87. The van der Waals surface area contributed by atoms with Crippen molar-refractivity contribution in [3.63, 3.8) is 0 Å². The number of carbonyl (C=O) groups excluding carboxylic acids is 1. The van der Waals surface area contributed by atoms with Crippen molar-refractivity contribution in [3.05, 3.63) is 29.3 Å². The quantitative estimate of drug-likeness (QED) is 0.905. The van der Waals surface area contributed by atoms with Crippen LogP contribution in [0.5, 0.6) is 0 Å². The molecule has 5 nitrogen and oxygen atoms in total. The zero-order valence-corrected chi connectivity index (χ0v) is 14.0. The normalized spacial score (nSPS) is 15.8. The van der Waals surface area contributed by atoms with Gasteiger partial charge in [0.2, 0.25) is 0 Å². The highest BCUT2D eigenvalue weighted by Gasteiger charge is 2.26. The Morgan fingerprint density at radius 3 is 2.59 bits per heavy atom. The molecule has 1 N–H and O–H groups in total. The second kappa shape index (κ2) is 8.36. The summed E-state index contributed by atoms with van der Waals surface area (Å²) in [6.07, 6.45) is 1.76. The fourth-order valence-corrected chi connectivity index (χ4v) is 2.69. The largest absolute Gasteiger partial charge is 0.381 e. The maximum Gasteiger partial charge on any atom is 0.322 e. The predicted octanol–water partition coefficient (Wildman–Crippen LogP) is 2.91. The predicted molar refractivity (Wildman–Crippen MR) is 89.6 cm³/mol.